The third-order valence-electron chi connectivity index (χ3n) is 5.57. The summed E-state index contributed by atoms with van der Waals surface area (Å²) in [5, 5.41) is 0. The molecule has 1 N–H and O–H groups in total. The molecule has 7 nitrogen and oxygen atoms in total. The number of hydrogen-bond acceptors (Lipinski definition) is 5. The van der Waals surface area contributed by atoms with Crippen molar-refractivity contribution in [1.82, 2.24) is 19.9 Å². The maximum absolute atomic E-state index is 12.6. The van der Waals surface area contributed by atoms with E-state index in [0.717, 1.165) is 62.4 Å². The van der Waals surface area contributed by atoms with Crippen molar-refractivity contribution in [2.75, 3.05) is 31.6 Å². The molecular weight excluding hydrogens is 366 g/mol. The van der Waals surface area contributed by atoms with Crippen LogP contribution in [0.5, 0.6) is 0 Å². The highest BCUT2D eigenvalue weighted by Gasteiger charge is 2.27. The number of nitrogens with one attached hydrogen (secondary N) is 1. The molecule has 0 atom stereocenters. The lowest BCUT2D eigenvalue weighted by Crippen LogP contribution is -2.41. The molecule has 1 amide bonds. The highest BCUT2D eigenvalue weighted by atomic mass is 16.2. The standard InChI is InChI=1S/C22H31N5O2/c1-4-6-11-26(3)22(29)16-9-12-27(13-10-16)19-8-7-17(15-23-19)21-24-18(5-2)14-20(28)25-21/h7-8,14-16H,4-6,9-13H2,1-3H3,(H,24,25,28). The SMILES string of the molecule is CCCCN(C)C(=O)C1CCN(c2ccc(-c3nc(CC)cc(=O)[nH]3)cn2)CC1. The Balaban J connectivity index is 1.61. The first-order valence-electron chi connectivity index (χ1n) is 10.6. The van der Waals surface area contributed by atoms with Gasteiger partial charge in [-0.1, -0.05) is 20.3 Å². The van der Waals surface area contributed by atoms with E-state index in [-0.39, 0.29) is 17.4 Å². The van der Waals surface area contributed by atoms with Crippen LogP contribution in [-0.4, -0.2) is 52.4 Å². The van der Waals surface area contributed by atoms with E-state index in [2.05, 4.69) is 26.8 Å². The van der Waals surface area contributed by atoms with E-state index in [4.69, 9.17) is 0 Å². The van der Waals surface area contributed by atoms with Crippen molar-refractivity contribution in [3.63, 3.8) is 0 Å². The second-order valence-electron chi connectivity index (χ2n) is 7.72. The van der Waals surface area contributed by atoms with Crippen LogP contribution in [0.2, 0.25) is 0 Å². The van der Waals surface area contributed by atoms with Gasteiger partial charge in [0.1, 0.15) is 11.6 Å². The highest BCUT2D eigenvalue weighted by Crippen LogP contribution is 2.24. The van der Waals surface area contributed by atoms with Gasteiger partial charge >= 0.3 is 0 Å². The Morgan fingerprint density at radius 3 is 2.66 bits per heavy atom. The fourth-order valence-electron chi connectivity index (χ4n) is 3.71. The molecule has 2 aromatic rings. The molecule has 1 aliphatic rings. The summed E-state index contributed by atoms with van der Waals surface area (Å²) in [6, 6.07) is 5.43. The maximum Gasteiger partial charge on any atom is 0.251 e. The quantitative estimate of drug-likeness (QED) is 0.777. The number of aryl methyl sites for hydroxylation is 1. The summed E-state index contributed by atoms with van der Waals surface area (Å²) in [5.41, 5.74) is 1.42. The van der Waals surface area contributed by atoms with Gasteiger partial charge in [-0.25, -0.2) is 9.97 Å². The molecule has 0 unspecified atom stereocenters. The van der Waals surface area contributed by atoms with Gasteiger partial charge in [-0.05, 0) is 37.8 Å². The Morgan fingerprint density at radius 1 is 1.28 bits per heavy atom. The smallest absolute Gasteiger partial charge is 0.251 e. The van der Waals surface area contributed by atoms with Crippen molar-refractivity contribution >= 4 is 11.7 Å². The molecule has 156 valence electrons. The molecule has 1 saturated heterocycles. The third kappa shape index (κ3) is 5.22. The van der Waals surface area contributed by atoms with Gasteiger partial charge in [0.15, 0.2) is 0 Å². The highest BCUT2D eigenvalue weighted by molar-refractivity contribution is 5.78. The number of aromatic nitrogens is 3. The summed E-state index contributed by atoms with van der Waals surface area (Å²) in [5.74, 6) is 1.83. The molecule has 0 aliphatic carbocycles. The molecule has 0 aromatic carbocycles. The topological polar surface area (TPSA) is 82.2 Å². The molecule has 29 heavy (non-hydrogen) atoms. The minimum Gasteiger partial charge on any atom is -0.357 e. The molecule has 0 saturated carbocycles. The average molecular weight is 398 g/mol. The average Bonchev–Trinajstić information content (AvgIpc) is 2.76. The summed E-state index contributed by atoms with van der Waals surface area (Å²) < 4.78 is 0. The number of nitrogens with zero attached hydrogens (tertiary/aromatic N) is 4. The van der Waals surface area contributed by atoms with Crippen molar-refractivity contribution in [2.45, 2.75) is 46.0 Å². The molecule has 0 bridgehead atoms. The van der Waals surface area contributed by atoms with E-state index in [1.807, 2.05) is 31.0 Å². The predicted molar refractivity (Wildman–Crippen MR) is 115 cm³/mol. The number of H-pyrrole nitrogens is 1. The Kier molecular flexibility index (Phi) is 7.01. The maximum atomic E-state index is 12.6. The Morgan fingerprint density at radius 2 is 2.03 bits per heavy atom. The number of rotatable bonds is 7. The lowest BCUT2D eigenvalue weighted by atomic mass is 9.95. The van der Waals surface area contributed by atoms with Crippen molar-refractivity contribution in [3.05, 3.63) is 40.4 Å². The number of amides is 1. The van der Waals surface area contributed by atoms with Gasteiger partial charge in [-0.3, -0.25) is 9.59 Å². The van der Waals surface area contributed by atoms with Gasteiger partial charge in [0.25, 0.3) is 5.56 Å². The molecule has 2 aromatic heterocycles. The number of pyridine rings is 1. The summed E-state index contributed by atoms with van der Waals surface area (Å²) >= 11 is 0. The third-order valence-corrected chi connectivity index (χ3v) is 5.57. The summed E-state index contributed by atoms with van der Waals surface area (Å²) in [6.45, 7) is 6.61. The van der Waals surface area contributed by atoms with E-state index >= 15 is 0 Å². The first-order valence-corrected chi connectivity index (χ1v) is 10.6. The summed E-state index contributed by atoms with van der Waals surface area (Å²) in [6.07, 6.45) is 6.33. The van der Waals surface area contributed by atoms with Crippen LogP contribution in [0.4, 0.5) is 5.82 Å². The van der Waals surface area contributed by atoms with Crippen LogP contribution in [0.15, 0.2) is 29.2 Å². The van der Waals surface area contributed by atoms with E-state index in [9.17, 15) is 9.59 Å². The fraction of sp³-hybridized carbons (Fsp3) is 0.545. The molecule has 0 radical (unpaired) electrons. The van der Waals surface area contributed by atoms with Crippen LogP contribution in [-0.2, 0) is 11.2 Å². The molecular formula is C22H31N5O2. The lowest BCUT2D eigenvalue weighted by Gasteiger charge is -2.34. The molecule has 7 heteroatoms. The zero-order chi connectivity index (χ0) is 20.8. The van der Waals surface area contributed by atoms with E-state index in [1.54, 1.807) is 6.20 Å². The van der Waals surface area contributed by atoms with Crippen LogP contribution in [0.3, 0.4) is 0 Å². The van der Waals surface area contributed by atoms with Crippen LogP contribution in [0.25, 0.3) is 11.4 Å². The minimum absolute atomic E-state index is 0.110. The van der Waals surface area contributed by atoms with Crippen LogP contribution < -0.4 is 10.5 Å². The zero-order valence-electron chi connectivity index (χ0n) is 17.6. The number of carbonyl (C=O) groups is 1. The molecule has 3 heterocycles. The van der Waals surface area contributed by atoms with Crippen molar-refractivity contribution in [1.29, 1.82) is 0 Å². The zero-order valence-corrected chi connectivity index (χ0v) is 17.6. The van der Waals surface area contributed by atoms with Gasteiger partial charge in [-0.2, -0.15) is 0 Å². The second kappa shape index (κ2) is 9.67. The van der Waals surface area contributed by atoms with Crippen molar-refractivity contribution < 1.29 is 4.79 Å². The first kappa shape index (κ1) is 21.0. The van der Waals surface area contributed by atoms with Gasteiger partial charge < -0.3 is 14.8 Å². The van der Waals surface area contributed by atoms with Crippen molar-refractivity contribution in [3.8, 4) is 11.4 Å². The number of carbonyl (C=O) groups excluding carboxylic acids is 1. The molecule has 1 fully saturated rings. The van der Waals surface area contributed by atoms with Gasteiger partial charge in [0.05, 0.1) is 0 Å². The minimum atomic E-state index is -0.147. The Labute approximate surface area is 172 Å². The number of hydrogen-bond donors (Lipinski definition) is 1. The second-order valence-corrected chi connectivity index (χ2v) is 7.72. The van der Waals surface area contributed by atoms with Gasteiger partial charge in [-0.15, -0.1) is 0 Å². The number of aromatic amines is 1. The van der Waals surface area contributed by atoms with Gasteiger partial charge in [0, 0.05) is 56.1 Å². The molecule has 1 aliphatic heterocycles. The number of piperidine rings is 1. The Bertz CT molecular complexity index is 870. The summed E-state index contributed by atoms with van der Waals surface area (Å²) in [7, 11) is 1.91. The molecule has 3 rings (SSSR count). The van der Waals surface area contributed by atoms with Gasteiger partial charge in [0.2, 0.25) is 5.91 Å². The monoisotopic (exact) mass is 397 g/mol. The van der Waals surface area contributed by atoms with Crippen LogP contribution in [0.1, 0.15) is 45.2 Å². The normalized spacial score (nSPS) is 14.8. The molecule has 0 spiro atoms. The fourth-order valence-corrected chi connectivity index (χ4v) is 3.71. The van der Waals surface area contributed by atoms with E-state index < -0.39 is 0 Å². The Hall–Kier alpha value is -2.70. The van der Waals surface area contributed by atoms with Crippen molar-refractivity contribution in [2.24, 2.45) is 5.92 Å². The number of anilines is 1. The lowest BCUT2D eigenvalue weighted by molar-refractivity contribution is -0.134. The summed E-state index contributed by atoms with van der Waals surface area (Å²) in [4.78, 5) is 40.3. The van der Waals surface area contributed by atoms with Crippen LogP contribution in [0, 0.1) is 5.92 Å². The van der Waals surface area contributed by atoms with E-state index in [1.165, 1.54) is 6.07 Å². The van der Waals surface area contributed by atoms with E-state index in [0.29, 0.717) is 12.2 Å². The predicted octanol–water partition coefficient (Wildman–Crippen LogP) is 2.87. The number of unbranched alkanes of at least 4 members (excludes halogenated alkanes) is 1. The largest absolute Gasteiger partial charge is 0.357 e. The first-order chi connectivity index (χ1) is 14.0. The van der Waals surface area contributed by atoms with Crippen LogP contribution >= 0.6 is 0 Å².